The fourth-order valence-electron chi connectivity index (χ4n) is 2.57. The molecule has 1 aromatic heterocycles. The molecule has 0 amide bonds. The molecule has 1 fully saturated rings. The van der Waals surface area contributed by atoms with Gasteiger partial charge in [-0.25, -0.2) is 4.39 Å². The smallest absolute Gasteiger partial charge is 0.250 e. The first-order chi connectivity index (χ1) is 9.83. The van der Waals surface area contributed by atoms with Crippen LogP contribution in [0, 0.1) is 5.82 Å². The lowest BCUT2D eigenvalue weighted by Gasteiger charge is -2.22. The van der Waals surface area contributed by atoms with Crippen LogP contribution in [0.1, 0.15) is 31.6 Å². The zero-order chi connectivity index (χ0) is 13.8. The van der Waals surface area contributed by atoms with Crippen molar-refractivity contribution in [1.29, 1.82) is 0 Å². The van der Waals surface area contributed by atoms with Crippen molar-refractivity contribution in [1.82, 2.24) is 15.5 Å². The molecule has 0 spiro atoms. The quantitative estimate of drug-likeness (QED) is 0.932. The molecule has 1 atom stereocenters. The number of aryl methyl sites for hydroxylation is 1. The zero-order valence-electron chi connectivity index (χ0n) is 11.3. The van der Waals surface area contributed by atoms with E-state index in [1.807, 2.05) is 0 Å². The summed E-state index contributed by atoms with van der Waals surface area (Å²) in [5, 5.41) is 11.4. The van der Waals surface area contributed by atoms with Crippen LogP contribution >= 0.6 is 0 Å². The first kappa shape index (κ1) is 13.2. The first-order valence-corrected chi connectivity index (χ1v) is 7.13. The molecule has 1 saturated heterocycles. The third-order valence-corrected chi connectivity index (χ3v) is 3.69. The van der Waals surface area contributed by atoms with E-state index in [9.17, 15) is 4.39 Å². The predicted molar refractivity (Wildman–Crippen MR) is 73.7 cm³/mol. The van der Waals surface area contributed by atoms with E-state index in [1.54, 1.807) is 18.2 Å². The lowest BCUT2D eigenvalue weighted by atomic mass is 10.0. The van der Waals surface area contributed by atoms with Gasteiger partial charge in [0.15, 0.2) is 0 Å². The molecule has 5 heteroatoms. The van der Waals surface area contributed by atoms with Gasteiger partial charge in [-0.15, -0.1) is 10.2 Å². The third kappa shape index (κ3) is 3.04. The van der Waals surface area contributed by atoms with E-state index in [-0.39, 0.29) is 11.7 Å². The number of rotatable bonds is 4. The molecule has 1 aliphatic heterocycles. The second kappa shape index (κ2) is 6.13. The van der Waals surface area contributed by atoms with E-state index in [2.05, 4.69) is 15.5 Å². The van der Waals surface area contributed by atoms with E-state index < -0.39 is 0 Å². The van der Waals surface area contributed by atoms with Gasteiger partial charge in [0.05, 0.1) is 5.56 Å². The highest BCUT2D eigenvalue weighted by Gasteiger charge is 2.16. The Bertz CT molecular complexity index is 564. The van der Waals surface area contributed by atoms with Crippen molar-refractivity contribution < 1.29 is 8.81 Å². The SMILES string of the molecule is Fc1ccccc1-c1nnc(CCC2CCCCN2)o1. The van der Waals surface area contributed by atoms with Crippen molar-refractivity contribution in [3.8, 4) is 11.5 Å². The Morgan fingerprint density at radius 1 is 1.25 bits per heavy atom. The van der Waals surface area contributed by atoms with Crippen LogP contribution < -0.4 is 5.32 Å². The number of hydrogen-bond donors (Lipinski definition) is 1. The van der Waals surface area contributed by atoms with E-state index in [4.69, 9.17) is 4.42 Å². The Labute approximate surface area is 117 Å². The number of nitrogens with zero attached hydrogens (tertiary/aromatic N) is 2. The highest BCUT2D eigenvalue weighted by molar-refractivity contribution is 5.53. The fourth-order valence-corrected chi connectivity index (χ4v) is 2.57. The minimum atomic E-state index is -0.336. The molecular formula is C15H18FN3O. The fraction of sp³-hybridized carbons (Fsp3) is 0.467. The summed E-state index contributed by atoms with van der Waals surface area (Å²) in [6.45, 7) is 1.09. The van der Waals surface area contributed by atoms with Gasteiger partial charge < -0.3 is 9.73 Å². The molecule has 1 N–H and O–H groups in total. The lowest BCUT2D eigenvalue weighted by Crippen LogP contribution is -2.34. The highest BCUT2D eigenvalue weighted by atomic mass is 19.1. The van der Waals surface area contributed by atoms with Crippen LogP contribution in [0.3, 0.4) is 0 Å². The van der Waals surface area contributed by atoms with Crippen molar-refractivity contribution in [3.05, 3.63) is 36.0 Å². The average Bonchev–Trinajstić information content (AvgIpc) is 2.95. The largest absolute Gasteiger partial charge is 0.421 e. The topological polar surface area (TPSA) is 51.0 Å². The maximum Gasteiger partial charge on any atom is 0.250 e. The van der Waals surface area contributed by atoms with Gasteiger partial charge in [-0.05, 0) is 37.9 Å². The third-order valence-electron chi connectivity index (χ3n) is 3.69. The van der Waals surface area contributed by atoms with E-state index >= 15 is 0 Å². The van der Waals surface area contributed by atoms with Crippen molar-refractivity contribution in [2.75, 3.05) is 6.54 Å². The van der Waals surface area contributed by atoms with E-state index in [0.29, 0.717) is 17.5 Å². The van der Waals surface area contributed by atoms with E-state index in [0.717, 1.165) is 19.4 Å². The molecular weight excluding hydrogens is 257 g/mol. The van der Waals surface area contributed by atoms with Crippen molar-refractivity contribution in [2.45, 2.75) is 38.1 Å². The molecule has 0 aliphatic carbocycles. The number of hydrogen-bond acceptors (Lipinski definition) is 4. The van der Waals surface area contributed by atoms with Crippen LogP contribution in [0.4, 0.5) is 4.39 Å². The maximum absolute atomic E-state index is 13.6. The molecule has 1 aromatic carbocycles. The molecule has 1 unspecified atom stereocenters. The van der Waals surface area contributed by atoms with Crippen LogP contribution in [-0.4, -0.2) is 22.8 Å². The van der Waals surface area contributed by atoms with Gasteiger partial charge in [0.1, 0.15) is 5.82 Å². The van der Waals surface area contributed by atoms with Gasteiger partial charge in [0.2, 0.25) is 5.89 Å². The summed E-state index contributed by atoms with van der Waals surface area (Å²) in [6, 6.07) is 6.98. The van der Waals surface area contributed by atoms with Crippen LogP contribution in [-0.2, 0) is 6.42 Å². The molecule has 0 radical (unpaired) electrons. The molecule has 2 aromatic rings. The minimum absolute atomic E-state index is 0.259. The van der Waals surface area contributed by atoms with Gasteiger partial charge in [-0.3, -0.25) is 0 Å². The van der Waals surface area contributed by atoms with Gasteiger partial charge in [0.25, 0.3) is 5.89 Å². The Morgan fingerprint density at radius 2 is 2.15 bits per heavy atom. The molecule has 2 heterocycles. The summed E-state index contributed by atoms with van der Waals surface area (Å²) in [6.07, 6.45) is 5.46. The number of piperidine rings is 1. The van der Waals surface area contributed by atoms with Crippen LogP contribution in [0.5, 0.6) is 0 Å². The number of halogens is 1. The molecule has 3 rings (SSSR count). The first-order valence-electron chi connectivity index (χ1n) is 7.13. The van der Waals surface area contributed by atoms with Crippen LogP contribution in [0.2, 0.25) is 0 Å². The minimum Gasteiger partial charge on any atom is -0.421 e. The zero-order valence-corrected chi connectivity index (χ0v) is 11.3. The second-order valence-corrected chi connectivity index (χ2v) is 5.17. The van der Waals surface area contributed by atoms with Gasteiger partial charge in [-0.1, -0.05) is 18.6 Å². The van der Waals surface area contributed by atoms with Crippen LogP contribution in [0.15, 0.2) is 28.7 Å². The van der Waals surface area contributed by atoms with Crippen molar-refractivity contribution >= 4 is 0 Å². The van der Waals surface area contributed by atoms with Crippen molar-refractivity contribution in [2.24, 2.45) is 0 Å². The van der Waals surface area contributed by atoms with Gasteiger partial charge in [0, 0.05) is 12.5 Å². The molecule has 0 bridgehead atoms. The summed E-state index contributed by atoms with van der Waals surface area (Å²) >= 11 is 0. The van der Waals surface area contributed by atoms with Crippen LogP contribution in [0.25, 0.3) is 11.5 Å². The average molecular weight is 275 g/mol. The molecule has 20 heavy (non-hydrogen) atoms. The summed E-state index contributed by atoms with van der Waals surface area (Å²) in [5.41, 5.74) is 0.363. The maximum atomic E-state index is 13.6. The summed E-state index contributed by atoms with van der Waals surface area (Å²) in [5.74, 6) is 0.502. The normalized spacial score (nSPS) is 19.1. The Balaban J connectivity index is 1.63. The molecule has 106 valence electrons. The number of aromatic nitrogens is 2. The molecule has 4 nitrogen and oxygen atoms in total. The summed E-state index contributed by atoms with van der Waals surface area (Å²) in [7, 11) is 0. The van der Waals surface area contributed by atoms with E-state index in [1.165, 1.54) is 25.3 Å². The summed E-state index contributed by atoms with van der Waals surface area (Å²) in [4.78, 5) is 0. The van der Waals surface area contributed by atoms with Crippen molar-refractivity contribution in [3.63, 3.8) is 0 Å². The standard InChI is InChI=1S/C15H18FN3O/c16-13-7-2-1-6-12(13)15-19-18-14(20-15)9-8-11-5-3-4-10-17-11/h1-2,6-7,11,17H,3-5,8-10H2. The lowest BCUT2D eigenvalue weighted by molar-refractivity contribution is 0.369. The van der Waals surface area contributed by atoms with Gasteiger partial charge in [-0.2, -0.15) is 0 Å². The monoisotopic (exact) mass is 275 g/mol. The number of nitrogens with one attached hydrogen (secondary N) is 1. The molecule has 1 aliphatic rings. The summed E-state index contributed by atoms with van der Waals surface area (Å²) < 4.78 is 19.2. The predicted octanol–water partition coefficient (Wildman–Crippen LogP) is 2.95. The Morgan fingerprint density at radius 3 is 2.95 bits per heavy atom. The Hall–Kier alpha value is -1.75. The highest BCUT2D eigenvalue weighted by Crippen LogP contribution is 2.21. The van der Waals surface area contributed by atoms with Gasteiger partial charge >= 0.3 is 0 Å². The number of benzene rings is 1. The molecule has 0 saturated carbocycles. The Kier molecular flexibility index (Phi) is 4.06. The second-order valence-electron chi connectivity index (χ2n) is 5.17.